The number of rotatable bonds is 4. The van der Waals surface area contributed by atoms with Crippen molar-refractivity contribution in [2.24, 2.45) is 0 Å². The van der Waals surface area contributed by atoms with E-state index >= 15 is 0 Å². The average molecular weight is 296 g/mol. The molecule has 0 saturated heterocycles. The maximum absolute atomic E-state index is 13.6. The van der Waals surface area contributed by atoms with Gasteiger partial charge in [0.15, 0.2) is 0 Å². The second kappa shape index (κ2) is 6.05. The number of nitrogens with zero attached hydrogens (tertiary/aromatic N) is 4. The molecule has 0 radical (unpaired) electrons. The largest absolute Gasteiger partial charge is 0.349 e. The fourth-order valence-electron chi connectivity index (χ4n) is 2.65. The van der Waals surface area contributed by atoms with E-state index in [1.165, 1.54) is 18.5 Å². The monoisotopic (exact) mass is 296 g/mol. The van der Waals surface area contributed by atoms with E-state index in [0.717, 1.165) is 28.8 Å². The van der Waals surface area contributed by atoms with E-state index < -0.39 is 0 Å². The maximum atomic E-state index is 13.6. The molecule has 1 aromatic carbocycles. The van der Waals surface area contributed by atoms with Crippen LogP contribution in [-0.4, -0.2) is 21.5 Å². The zero-order valence-electron chi connectivity index (χ0n) is 12.6. The van der Waals surface area contributed by atoms with Crippen LogP contribution in [0.1, 0.15) is 25.5 Å². The van der Waals surface area contributed by atoms with Crippen LogP contribution in [0.2, 0.25) is 0 Å². The van der Waals surface area contributed by atoms with Gasteiger partial charge in [-0.3, -0.25) is 4.98 Å². The van der Waals surface area contributed by atoms with Crippen LogP contribution in [0.5, 0.6) is 0 Å². The van der Waals surface area contributed by atoms with E-state index in [4.69, 9.17) is 0 Å². The van der Waals surface area contributed by atoms with Crippen LogP contribution in [0.3, 0.4) is 0 Å². The number of pyridine rings is 1. The third kappa shape index (κ3) is 2.62. The average Bonchev–Trinajstić information content (AvgIpc) is 2.56. The molecule has 4 nitrogen and oxygen atoms in total. The zero-order valence-corrected chi connectivity index (χ0v) is 12.6. The molecular weight excluding hydrogens is 279 g/mol. The van der Waals surface area contributed by atoms with E-state index in [9.17, 15) is 4.39 Å². The molecule has 1 atom stereocenters. The van der Waals surface area contributed by atoms with Gasteiger partial charge in [0.1, 0.15) is 18.0 Å². The van der Waals surface area contributed by atoms with Crippen molar-refractivity contribution >= 4 is 16.7 Å². The van der Waals surface area contributed by atoms with E-state index in [1.54, 1.807) is 12.3 Å². The standard InChI is InChI=1S/C17H17FN4/c1-3-22(12(2)13-5-4-8-19-10-13)17-15-9-14(18)6-7-16(15)20-11-21-17/h4-12H,3H2,1-2H3. The van der Waals surface area contributed by atoms with E-state index in [1.807, 2.05) is 18.3 Å². The van der Waals surface area contributed by atoms with Crippen molar-refractivity contribution in [2.45, 2.75) is 19.9 Å². The minimum absolute atomic E-state index is 0.0834. The second-order valence-electron chi connectivity index (χ2n) is 5.11. The summed E-state index contributed by atoms with van der Waals surface area (Å²) in [6, 6.07) is 8.61. The third-order valence-electron chi connectivity index (χ3n) is 3.82. The van der Waals surface area contributed by atoms with Crippen molar-refractivity contribution in [1.29, 1.82) is 0 Å². The topological polar surface area (TPSA) is 41.9 Å². The fraction of sp³-hybridized carbons (Fsp3) is 0.235. The predicted molar refractivity (Wildman–Crippen MR) is 85.2 cm³/mol. The number of fused-ring (bicyclic) bond motifs is 1. The van der Waals surface area contributed by atoms with Crippen LogP contribution in [0.4, 0.5) is 10.2 Å². The summed E-state index contributed by atoms with van der Waals surface area (Å²) in [7, 11) is 0. The van der Waals surface area contributed by atoms with Crippen molar-refractivity contribution in [1.82, 2.24) is 15.0 Å². The minimum atomic E-state index is -0.284. The van der Waals surface area contributed by atoms with Crippen LogP contribution >= 0.6 is 0 Å². The van der Waals surface area contributed by atoms with Gasteiger partial charge in [-0.1, -0.05) is 6.07 Å². The summed E-state index contributed by atoms with van der Waals surface area (Å²) in [4.78, 5) is 14.9. The van der Waals surface area contributed by atoms with E-state index in [-0.39, 0.29) is 11.9 Å². The van der Waals surface area contributed by atoms with E-state index in [2.05, 4.69) is 33.7 Å². The Hall–Kier alpha value is -2.56. The molecule has 2 heterocycles. The number of halogens is 1. The Kier molecular flexibility index (Phi) is 3.96. The molecule has 112 valence electrons. The highest BCUT2D eigenvalue weighted by Crippen LogP contribution is 2.30. The fourth-order valence-corrected chi connectivity index (χ4v) is 2.65. The van der Waals surface area contributed by atoms with Gasteiger partial charge in [0.25, 0.3) is 0 Å². The van der Waals surface area contributed by atoms with Gasteiger partial charge in [-0.05, 0) is 43.7 Å². The first-order valence-electron chi connectivity index (χ1n) is 7.27. The van der Waals surface area contributed by atoms with E-state index in [0.29, 0.717) is 0 Å². The molecule has 5 heteroatoms. The Morgan fingerprint density at radius 2 is 2.09 bits per heavy atom. The van der Waals surface area contributed by atoms with Crippen LogP contribution in [0.25, 0.3) is 10.9 Å². The van der Waals surface area contributed by atoms with Gasteiger partial charge in [-0.15, -0.1) is 0 Å². The first kappa shape index (κ1) is 14.4. The van der Waals surface area contributed by atoms with Gasteiger partial charge in [0.2, 0.25) is 0 Å². The number of hydrogen-bond donors (Lipinski definition) is 0. The predicted octanol–water partition coefficient (Wildman–Crippen LogP) is 3.75. The summed E-state index contributed by atoms with van der Waals surface area (Å²) in [5.74, 6) is 0.456. The number of aromatic nitrogens is 3. The third-order valence-corrected chi connectivity index (χ3v) is 3.82. The van der Waals surface area contributed by atoms with Crippen molar-refractivity contribution in [3.8, 4) is 0 Å². The van der Waals surface area contributed by atoms with Crippen LogP contribution < -0.4 is 4.90 Å². The Balaban J connectivity index is 2.09. The lowest BCUT2D eigenvalue weighted by molar-refractivity contribution is 0.629. The van der Waals surface area contributed by atoms with Crippen molar-refractivity contribution in [3.63, 3.8) is 0 Å². The summed E-state index contributed by atoms with van der Waals surface area (Å²) >= 11 is 0. The van der Waals surface area contributed by atoms with Crippen molar-refractivity contribution in [3.05, 3.63) is 60.4 Å². The Labute approximate surface area is 128 Å². The van der Waals surface area contributed by atoms with Crippen molar-refractivity contribution < 1.29 is 4.39 Å². The maximum Gasteiger partial charge on any atom is 0.140 e. The number of anilines is 1. The lowest BCUT2D eigenvalue weighted by Crippen LogP contribution is -2.27. The van der Waals surface area contributed by atoms with Crippen LogP contribution in [-0.2, 0) is 0 Å². The highest BCUT2D eigenvalue weighted by Gasteiger charge is 2.19. The Morgan fingerprint density at radius 1 is 1.23 bits per heavy atom. The van der Waals surface area contributed by atoms with Crippen molar-refractivity contribution in [2.75, 3.05) is 11.4 Å². The van der Waals surface area contributed by atoms with Gasteiger partial charge in [0, 0.05) is 24.3 Å². The molecule has 22 heavy (non-hydrogen) atoms. The molecule has 0 N–H and O–H groups in total. The Morgan fingerprint density at radius 3 is 2.82 bits per heavy atom. The summed E-state index contributed by atoms with van der Waals surface area (Å²) in [5.41, 5.74) is 1.83. The van der Waals surface area contributed by atoms with Crippen LogP contribution in [0, 0.1) is 5.82 Å². The highest BCUT2D eigenvalue weighted by molar-refractivity contribution is 5.89. The number of hydrogen-bond acceptors (Lipinski definition) is 4. The molecule has 0 spiro atoms. The van der Waals surface area contributed by atoms with Gasteiger partial charge in [-0.25, -0.2) is 14.4 Å². The smallest absolute Gasteiger partial charge is 0.140 e. The molecule has 0 bridgehead atoms. The first-order chi connectivity index (χ1) is 10.7. The van der Waals surface area contributed by atoms with Gasteiger partial charge < -0.3 is 4.90 Å². The van der Waals surface area contributed by atoms with Crippen LogP contribution in [0.15, 0.2) is 49.1 Å². The lowest BCUT2D eigenvalue weighted by Gasteiger charge is -2.30. The summed E-state index contributed by atoms with van der Waals surface area (Å²) in [6.45, 7) is 4.90. The molecule has 1 unspecified atom stereocenters. The molecule has 0 saturated carbocycles. The molecule has 2 aromatic heterocycles. The summed E-state index contributed by atoms with van der Waals surface area (Å²) in [5, 5.41) is 0.722. The summed E-state index contributed by atoms with van der Waals surface area (Å²) in [6.07, 6.45) is 5.12. The molecular formula is C17H17FN4. The van der Waals surface area contributed by atoms with Gasteiger partial charge in [-0.2, -0.15) is 0 Å². The molecule has 3 rings (SSSR count). The minimum Gasteiger partial charge on any atom is -0.349 e. The van der Waals surface area contributed by atoms with Gasteiger partial charge in [0.05, 0.1) is 11.6 Å². The molecule has 0 aliphatic carbocycles. The highest BCUT2D eigenvalue weighted by atomic mass is 19.1. The summed E-state index contributed by atoms with van der Waals surface area (Å²) < 4.78 is 13.6. The first-order valence-corrected chi connectivity index (χ1v) is 7.27. The zero-order chi connectivity index (χ0) is 15.5. The van der Waals surface area contributed by atoms with Gasteiger partial charge >= 0.3 is 0 Å². The normalized spacial score (nSPS) is 12.3. The molecule has 3 aromatic rings. The SMILES string of the molecule is CCN(c1ncnc2ccc(F)cc12)C(C)c1cccnc1. The lowest BCUT2D eigenvalue weighted by atomic mass is 10.1. The molecule has 0 fully saturated rings. The quantitative estimate of drug-likeness (QED) is 0.735. The molecule has 0 aliphatic rings. The Bertz CT molecular complexity index is 776. The number of benzene rings is 1. The molecule has 0 aliphatic heterocycles. The second-order valence-corrected chi connectivity index (χ2v) is 5.11. The molecule has 0 amide bonds.